The van der Waals surface area contributed by atoms with Crippen LogP contribution in [-0.2, 0) is 4.79 Å². The van der Waals surface area contributed by atoms with Crippen LogP contribution >= 0.6 is 0 Å². The number of carbonyl (C=O) groups is 1. The van der Waals surface area contributed by atoms with Crippen LogP contribution in [0.5, 0.6) is 0 Å². The number of halogens is 1. The molecule has 0 saturated carbocycles. The normalized spacial score (nSPS) is 15.9. The summed E-state index contributed by atoms with van der Waals surface area (Å²) in [7, 11) is 0. The van der Waals surface area contributed by atoms with E-state index in [1.54, 1.807) is 6.07 Å². The van der Waals surface area contributed by atoms with Gasteiger partial charge >= 0.3 is 0 Å². The third-order valence-corrected chi connectivity index (χ3v) is 4.67. The summed E-state index contributed by atoms with van der Waals surface area (Å²) in [5, 5.41) is 8.91. The highest BCUT2D eigenvalue weighted by atomic mass is 19.1. The van der Waals surface area contributed by atoms with Crippen LogP contribution in [-0.4, -0.2) is 27.4 Å². The molecule has 2 heterocycles. The molecule has 152 valence electrons. The molecule has 4 rings (SSSR count). The number of aromatic nitrogens is 3. The van der Waals surface area contributed by atoms with Gasteiger partial charge in [-0.25, -0.2) is 14.4 Å². The molecule has 1 aromatic heterocycles. The van der Waals surface area contributed by atoms with Crippen molar-refractivity contribution in [2.24, 2.45) is 0 Å². The number of amides is 1. The van der Waals surface area contributed by atoms with E-state index in [-0.39, 0.29) is 17.6 Å². The third-order valence-electron chi connectivity index (χ3n) is 4.67. The van der Waals surface area contributed by atoms with Crippen LogP contribution in [0.3, 0.4) is 0 Å². The zero-order valence-corrected chi connectivity index (χ0v) is 16.4. The molecule has 0 aliphatic carbocycles. The lowest BCUT2D eigenvalue weighted by Crippen LogP contribution is -2.27. The summed E-state index contributed by atoms with van der Waals surface area (Å²) in [5.74, 6) is 0.0576. The maximum atomic E-state index is 13.9. The molecule has 2 aromatic carbocycles. The van der Waals surface area contributed by atoms with Crippen molar-refractivity contribution in [3.05, 3.63) is 78.1 Å². The van der Waals surface area contributed by atoms with Crippen molar-refractivity contribution < 1.29 is 9.18 Å². The van der Waals surface area contributed by atoms with Gasteiger partial charge in [0.15, 0.2) is 5.82 Å². The molecule has 1 aliphatic rings. The molecule has 0 saturated heterocycles. The van der Waals surface area contributed by atoms with E-state index in [1.807, 2.05) is 18.2 Å². The lowest BCUT2D eigenvalue weighted by atomic mass is 9.97. The molecule has 0 fully saturated rings. The molecule has 8 heteroatoms. The maximum Gasteiger partial charge on any atom is 0.230 e. The summed E-state index contributed by atoms with van der Waals surface area (Å²) >= 11 is 0. The van der Waals surface area contributed by atoms with Gasteiger partial charge in [0.05, 0.1) is 11.7 Å². The molecule has 30 heavy (non-hydrogen) atoms. The first-order chi connectivity index (χ1) is 14.6. The molecule has 0 radical (unpaired) electrons. The fourth-order valence-corrected chi connectivity index (χ4v) is 3.30. The van der Waals surface area contributed by atoms with Crippen molar-refractivity contribution in [3.8, 4) is 0 Å². The summed E-state index contributed by atoms with van der Waals surface area (Å²) in [6, 6.07) is 14.4. The lowest BCUT2D eigenvalue weighted by molar-refractivity contribution is -0.114. The Morgan fingerprint density at radius 3 is 2.80 bits per heavy atom. The fourth-order valence-electron chi connectivity index (χ4n) is 3.30. The second-order valence-corrected chi connectivity index (χ2v) is 6.91. The van der Waals surface area contributed by atoms with Gasteiger partial charge in [-0.2, -0.15) is 4.98 Å². The van der Waals surface area contributed by atoms with Crippen LogP contribution < -0.4 is 16.0 Å². The second-order valence-electron chi connectivity index (χ2n) is 6.91. The Morgan fingerprint density at radius 2 is 2.00 bits per heavy atom. The predicted molar refractivity (Wildman–Crippen MR) is 114 cm³/mol. The number of hydrogen-bond acceptors (Lipinski definition) is 6. The predicted octanol–water partition coefficient (Wildman–Crippen LogP) is 3.83. The van der Waals surface area contributed by atoms with E-state index >= 15 is 0 Å². The minimum Gasteiger partial charge on any atom is -0.324 e. The highest BCUT2D eigenvalue weighted by Gasteiger charge is 2.19. The monoisotopic (exact) mass is 404 g/mol. The number of hydrogen-bond donors (Lipinski definition) is 3. The van der Waals surface area contributed by atoms with Crippen molar-refractivity contribution >= 4 is 28.8 Å². The van der Waals surface area contributed by atoms with Crippen LogP contribution in [0, 0.1) is 5.82 Å². The van der Waals surface area contributed by atoms with Gasteiger partial charge in [0, 0.05) is 19.2 Å². The summed E-state index contributed by atoms with van der Waals surface area (Å²) in [6.07, 6.45) is 4.50. The number of nitrogens with zero attached hydrogens (tertiary/aromatic N) is 3. The first kappa shape index (κ1) is 19.7. The molecule has 1 atom stereocenters. The van der Waals surface area contributed by atoms with Gasteiger partial charge in [0.25, 0.3) is 0 Å². The number of anilines is 3. The Balaban J connectivity index is 1.55. The summed E-state index contributed by atoms with van der Waals surface area (Å²) in [6.45, 7) is 2.14. The largest absolute Gasteiger partial charge is 0.324 e. The van der Waals surface area contributed by atoms with E-state index in [2.05, 4.69) is 49.1 Å². The van der Waals surface area contributed by atoms with E-state index in [0.717, 1.165) is 13.0 Å². The summed E-state index contributed by atoms with van der Waals surface area (Å²) in [5.41, 5.74) is 3.07. The maximum absolute atomic E-state index is 13.9. The van der Waals surface area contributed by atoms with E-state index < -0.39 is 5.82 Å². The van der Waals surface area contributed by atoms with Crippen LogP contribution in [0.4, 0.5) is 21.7 Å². The molecule has 3 N–H and O–H groups in total. The van der Waals surface area contributed by atoms with Crippen molar-refractivity contribution in [2.45, 2.75) is 19.4 Å². The van der Waals surface area contributed by atoms with Gasteiger partial charge in [-0.05, 0) is 35.8 Å². The highest BCUT2D eigenvalue weighted by Crippen LogP contribution is 2.27. The topological polar surface area (TPSA) is 91.8 Å². The van der Waals surface area contributed by atoms with E-state index in [1.165, 1.54) is 36.5 Å². The standard InChI is InChI=1S/C22H21FN6O/c1-14(30)27-19-12-17(7-8-18(19)23)28-22-26-13-25-21(29-22)20-11-16(9-10-24-20)15-5-3-2-4-6-15/h2-8,11-13,20,24H,9-10H2,1H3,(H,27,30)(H,25,26,28,29). The quantitative estimate of drug-likeness (QED) is 0.599. The summed E-state index contributed by atoms with van der Waals surface area (Å²) in [4.78, 5) is 24.2. The first-order valence-corrected chi connectivity index (χ1v) is 9.61. The second kappa shape index (κ2) is 8.79. The van der Waals surface area contributed by atoms with Crippen LogP contribution in [0.25, 0.3) is 5.57 Å². The smallest absolute Gasteiger partial charge is 0.230 e. The van der Waals surface area contributed by atoms with Crippen molar-refractivity contribution in [1.29, 1.82) is 0 Å². The average Bonchev–Trinajstić information content (AvgIpc) is 2.77. The van der Waals surface area contributed by atoms with Gasteiger partial charge in [-0.3, -0.25) is 4.79 Å². The molecule has 0 bridgehead atoms. The van der Waals surface area contributed by atoms with Gasteiger partial charge in [0.2, 0.25) is 11.9 Å². The number of rotatable bonds is 5. The fraction of sp³-hybridized carbons (Fsp3) is 0.182. The minimum atomic E-state index is -0.517. The molecular weight excluding hydrogens is 383 g/mol. The first-order valence-electron chi connectivity index (χ1n) is 9.61. The van der Waals surface area contributed by atoms with Gasteiger partial charge < -0.3 is 16.0 Å². The number of nitrogens with one attached hydrogen (secondary N) is 3. The van der Waals surface area contributed by atoms with E-state index in [9.17, 15) is 9.18 Å². The van der Waals surface area contributed by atoms with Crippen LogP contribution in [0.1, 0.15) is 30.8 Å². The molecule has 3 aromatic rings. The van der Waals surface area contributed by atoms with Gasteiger partial charge in [-0.1, -0.05) is 36.4 Å². The molecule has 0 spiro atoms. The molecule has 1 aliphatic heterocycles. The van der Waals surface area contributed by atoms with Crippen molar-refractivity contribution in [3.63, 3.8) is 0 Å². The number of benzene rings is 2. The van der Waals surface area contributed by atoms with E-state index in [0.29, 0.717) is 17.5 Å². The Hall–Kier alpha value is -3.65. The van der Waals surface area contributed by atoms with Crippen molar-refractivity contribution in [2.75, 3.05) is 17.2 Å². The van der Waals surface area contributed by atoms with Gasteiger partial charge in [-0.15, -0.1) is 0 Å². The Labute approximate surface area is 173 Å². The molecule has 1 unspecified atom stereocenters. The van der Waals surface area contributed by atoms with Crippen LogP contribution in [0.2, 0.25) is 0 Å². The SMILES string of the molecule is CC(=O)Nc1cc(Nc2ncnc(C3C=C(c4ccccc4)CCN3)n2)ccc1F. The van der Waals surface area contributed by atoms with Gasteiger partial charge in [0.1, 0.15) is 12.1 Å². The average molecular weight is 404 g/mol. The Morgan fingerprint density at radius 1 is 1.17 bits per heavy atom. The summed E-state index contributed by atoms with van der Waals surface area (Å²) < 4.78 is 13.9. The molecule has 1 amide bonds. The highest BCUT2D eigenvalue weighted by molar-refractivity contribution is 5.89. The number of carbonyl (C=O) groups excluding carboxylic acids is 1. The lowest BCUT2D eigenvalue weighted by Gasteiger charge is -2.22. The molecule has 7 nitrogen and oxygen atoms in total. The molecular formula is C22H21FN6O. The zero-order chi connectivity index (χ0) is 20.9. The van der Waals surface area contributed by atoms with Crippen molar-refractivity contribution in [1.82, 2.24) is 20.3 Å². The van der Waals surface area contributed by atoms with Crippen LogP contribution in [0.15, 0.2) is 60.9 Å². The Bertz CT molecular complexity index is 1090. The zero-order valence-electron chi connectivity index (χ0n) is 16.4. The Kier molecular flexibility index (Phi) is 5.76. The third kappa shape index (κ3) is 4.66. The van der Waals surface area contributed by atoms with E-state index in [4.69, 9.17) is 0 Å². The minimum absolute atomic E-state index is 0.0890.